The van der Waals surface area contributed by atoms with Gasteiger partial charge in [0.2, 0.25) is 0 Å². The minimum absolute atomic E-state index is 0.0943. The van der Waals surface area contributed by atoms with Crippen LogP contribution in [-0.2, 0) is 6.54 Å². The first-order valence-electron chi connectivity index (χ1n) is 9.63. The second kappa shape index (κ2) is 8.66. The smallest absolute Gasteiger partial charge is 0.320 e. The van der Waals surface area contributed by atoms with Gasteiger partial charge in [0.25, 0.3) is 0 Å². The molecular weight excluding hydrogens is 398 g/mol. The van der Waals surface area contributed by atoms with E-state index in [1.165, 1.54) is 7.11 Å². The lowest BCUT2D eigenvalue weighted by atomic mass is 10.2. The Morgan fingerprint density at radius 3 is 2.87 bits per heavy atom. The van der Waals surface area contributed by atoms with Gasteiger partial charge in [-0.15, -0.1) is 0 Å². The Morgan fingerprint density at radius 1 is 1.19 bits per heavy atom. The van der Waals surface area contributed by atoms with Crippen molar-refractivity contribution in [1.82, 2.24) is 30.0 Å². The Morgan fingerprint density at radius 2 is 2.06 bits per heavy atom. The van der Waals surface area contributed by atoms with Crippen LogP contribution in [0.3, 0.4) is 0 Å². The summed E-state index contributed by atoms with van der Waals surface area (Å²) in [6.07, 6.45) is 5.20. The molecule has 0 unspecified atom stereocenters. The van der Waals surface area contributed by atoms with Crippen molar-refractivity contribution in [1.29, 1.82) is 0 Å². The summed E-state index contributed by atoms with van der Waals surface area (Å²) in [4.78, 5) is 24.9. The van der Waals surface area contributed by atoms with Gasteiger partial charge in [0.05, 0.1) is 31.7 Å². The predicted molar refractivity (Wildman–Crippen MR) is 115 cm³/mol. The number of anilines is 1. The molecule has 0 bridgehead atoms. The summed E-state index contributed by atoms with van der Waals surface area (Å²) in [6, 6.07) is 8.29. The molecule has 2 amide bonds. The molecule has 31 heavy (non-hydrogen) atoms. The van der Waals surface area contributed by atoms with Crippen molar-refractivity contribution in [2.75, 3.05) is 19.0 Å². The van der Waals surface area contributed by atoms with Crippen LogP contribution < -0.4 is 15.4 Å². The second-order valence-corrected chi connectivity index (χ2v) is 6.71. The number of ether oxygens (including phenoxy) is 1. The van der Waals surface area contributed by atoms with Crippen LogP contribution >= 0.6 is 0 Å². The summed E-state index contributed by atoms with van der Waals surface area (Å²) in [5.41, 5.74) is 3.44. The molecule has 0 atom stereocenters. The van der Waals surface area contributed by atoms with E-state index in [1.54, 1.807) is 41.3 Å². The zero-order valence-corrected chi connectivity index (χ0v) is 17.0. The largest absolute Gasteiger partial charge is 0.504 e. The Kier molecular flexibility index (Phi) is 5.61. The van der Waals surface area contributed by atoms with E-state index >= 15 is 0 Å². The number of methoxy groups -OCH3 is 1. The number of benzene rings is 1. The molecule has 0 saturated heterocycles. The topological polar surface area (TPSA) is 127 Å². The summed E-state index contributed by atoms with van der Waals surface area (Å²) < 4.78 is 6.92. The van der Waals surface area contributed by atoms with Crippen molar-refractivity contribution in [2.45, 2.75) is 13.5 Å². The fraction of sp³-hybridized carbons (Fsp3) is 0.190. The SMILES string of the molecule is CCNC(=O)Nc1ccc2nc(-c3cnn(Cc4ccc(O)c(OC)c4)c3)cnc2n1. The number of hydrogen-bond donors (Lipinski definition) is 3. The summed E-state index contributed by atoms with van der Waals surface area (Å²) >= 11 is 0. The van der Waals surface area contributed by atoms with Crippen LogP contribution in [0.1, 0.15) is 12.5 Å². The van der Waals surface area contributed by atoms with E-state index in [0.29, 0.717) is 41.5 Å². The molecule has 0 radical (unpaired) electrons. The maximum atomic E-state index is 11.6. The average Bonchev–Trinajstić information content (AvgIpc) is 3.23. The van der Waals surface area contributed by atoms with Crippen molar-refractivity contribution >= 4 is 23.0 Å². The van der Waals surface area contributed by atoms with Gasteiger partial charge in [-0.25, -0.2) is 19.7 Å². The Bertz CT molecular complexity index is 1240. The third-order valence-electron chi connectivity index (χ3n) is 4.50. The molecule has 10 nitrogen and oxygen atoms in total. The number of aromatic hydroxyl groups is 1. The van der Waals surface area contributed by atoms with Crippen molar-refractivity contribution in [3.8, 4) is 22.8 Å². The number of nitrogens with one attached hydrogen (secondary N) is 2. The highest BCUT2D eigenvalue weighted by atomic mass is 16.5. The normalized spacial score (nSPS) is 10.8. The van der Waals surface area contributed by atoms with Gasteiger partial charge in [-0.3, -0.25) is 10.00 Å². The molecule has 3 heterocycles. The second-order valence-electron chi connectivity index (χ2n) is 6.71. The van der Waals surface area contributed by atoms with Gasteiger partial charge in [0.15, 0.2) is 17.1 Å². The number of urea groups is 1. The average molecular weight is 419 g/mol. The molecule has 0 saturated carbocycles. The van der Waals surface area contributed by atoms with Crippen LogP contribution in [-0.4, -0.2) is 49.5 Å². The van der Waals surface area contributed by atoms with Gasteiger partial charge in [-0.2, -0.15) is 5.10 Å². The molecule has 10 heteroatoms. The first kappa shape index (κ1) is 20.1. The summed E-state index contributed by atoms with van der Waals surface area (Å²) in [7, 11) is 1.51. The highest BCUT2D eigenvalue weighted by Crippen LogP contribution is 2.27. The molecule has 158 valence electrons. The van der Waals surface area contributed by atoms with Crippen LogP contribution in [0.15, 0.2) is 48.9 Å². The highest BCUT2D eigenvalue weighted by Gasteiger charge is 2.09. The number of pyridine rings is 1. The maximum Gasteiger partial charge on any atom is 0.320 e. The quantitative estimate of drug-likeness (QED) is 0.438. The number of amides is 2. The van der Waals surface area contributed by atoms with E-state index in [-0.39, 0.29) is 11.8 Å². The lowest BCUT2D eigenvalue weighted by Crippen LogP contribution is -2.28. The Hall–Kier alpha value is -4.21. The molecule has 0 fully saturated rings. The third-order valence-corrected chi connectivity index (χ3v) is 4.50. The van der Waals surface area contributed by atoms with E-state index < -0.39 is 0 Å². The van der Waals surface area contributed by atoms with Crippen LogP contribution in [0.4, 0.5) is 10.6 Å². The minimum Gasteiger partial charge on any atom is -0.504 e. The molecule has 1 aromatic carbocycles. The van der Waals surface area contributed by atoms with E-state index in [4.69, 9.17) is 4.74 Å². The molecule has 0 aliphatic rings. The van der Waals surface area contributed by atoms with Crippen LogP contribution in [0.5, 0.6) is 11.5 Å². The molecule has 3 N–H and O–H groups in total. The Labute approximate surface area is 177 Å². The zero-order chi connectivity index (χ0) is 21.8. The van der Waals surface area contributed by atoms with E-state index in [9.17, 15) is 9.90 Å². The fourth-order valence-corrected chi connectivity index (χ4v) is 3.02. The predicted octanol–water partition coefficient (Wildman–Crippen LogP) is 2.79. The molecule has 0 spiro atoms. The molecule has 0 aliphatic heterocycles. The summed E-state index contributed by atoms with van der Waals surface area (Å²) in [5.74, 6) is 0.910. The number of phenolic OH excluding ortho intramolecular Hbond substituents is 1. The number of hydrogen-bond acceptors (Lipinski definition) is 7. The monoisotopic (exact) mass is 419 g/mol. The van der Waals surface area contributed by atoms with Crippen molar-refractivity contribution in [3.63, 3.8) is 0 Å². The number of fused-ring (bicyclic) bond motifs is 1. The first-order valence-corrected chi connectivity index (χ1v) is 9.63. The fourth-order valence-electron chi connectivity index (χ4n) is 3.02. The van der Waals surface area contributed by atoms with Gasteiger partial charge in [-0.1, -0.05) is 6.07 Å². The number of phenols is 1. The molecule has 3 aromatic heterocycles. The lowest BCUT2D eigenvalue weighted by Gasteiger charge is -2.07. The van der Waals surface area contributed by atoms with Crippen molar-refractivity contribution < 1.29 is 14.6 Å². The van der Waals surface area contributed by atoms with Crippen LogP contribution in [0.2, 0.25) is 0 Å². The third kappa shape index (κ3) is 4.53. The van der Waals surface area contributed by atoms with Crippen LogP contribution in [0.25, 0.3) is 22.4 Å². The van der Waals surface area contributed by atoms with Gasteiger partial charge < -0.3 is 15.2 Å². The number of rotatable bonds is 6. The van der Waals surface area contributed by atoms with E-state index in [2.05, 4.69) is 30.7 Å². The first-order chi connectivity index (χ1) is 15.1. The van der Waals surface area contributed by atoms with Crippen molar-refractivity contribution in [3.05, 3.63) is 54.5 Å². The van der Waals surface area contributed by atoms with Crippen LogP contribution in [0, 0.1) is 0 Å². The van der Waals surface area contributed by atoms with Gasteiger partial charge in [0, 0.05) is 18.3 Å². The zero-order valence-electron chi connectivity index (χ0n) is 17.0. The van der Waals surface area contributed by atoms with E-state index in [0.717, 1.165) is 11.1 Å². The highest BCUT2D eigenvalue weighted by molar-refractivity contribution is 5.89. The molecule has 4 rings (SSSR count). The van der Waals surface area contributed by atoms with Gasteiger partial charge in [0.1, 0.15) is 11.3 Å². The lowest BCUT2D eigenvalue weighted by molar-refractivity contribution is 0.252. The maximum absolute atomic E-state index is 11.6. The molecular formula is C21H21N7O3. The standard InChI is InChI=1S/C21H21N7O3/c1-3-22-21(30)27-19-7-5-15-20(26-19)23-10-16(25-15)14-9-24-28(12-14)11-13-4-6-17(29)18(8-13)31-2/h4-10,12,29H,3,11H2,1-2H3,(H2,22,23,26,27,30). The molecule has 4 aromatic rings. The number of carbonyl (C=O) groups excluding carboxylic acids is 1. The van der Waals surface area contributed by atoms with E-state index in [1.807, 2.05) is 19.2 Å². The summed E-state index contributed by atoms with van der Waals surface area (Å²) in [6.45, 7) is 2.87. The number of aromatic nitrogens is 5. The molecule has 0 aliphatic carbocycles. The summed E-state index contributed by atoms with van der Waals surface area (Å²) in [5, 5.41) is 19.4. The Balaban J connectivity index is 1.52. The van der Waals surface area contributed by atoms with Crippen molar-refractivity contribution in [2.24, 2.45) is 0 Å². The minimum atomic E-state index is -0.322. The number of carbonyl (C=O) groups is 1. The van der Waals surface area contributed by atoms with Gasteiger partial charge in [-0.05, 0) is 36.8 Å². The number of nitrogens with zero attached hydrogens (tertiary/aromatic N) is 5. The van der Waals surface area contributed by atoms with Gasteiger partial charge >= 0.3 is 6.03 Å².